The zero-order chi connectivity index (χ0) is 28.3. The number of carboxylic acids is 2. The number of hydrogen-bond acceptors (Lipinski definition) is 9. The minimum absolute atomic E-state index is 0.0184. The molecule has 0 fully saturated rings. The van der Waals surface area contributed by atoms with E-state index in [0.717, 1.165) is 18.2 Å². The molecule has 1 aromatic carbocycles. The van der Waals surface area contributed by atoms with E-state index < -0.39 is 47.7 Å². The predicted molar refractivity (Wildman–Crippen MR) is 138 cm³/mol. The average molecular weight is 549 g/mol. The standard InChI is InChI=1S/C26H32N2O9S/c1-11(2)5-6-17-19-13(7-14(37-17)9-18(30)31)8-15-20(23(19)33)24(34)25(21(27-4)22(15)32)38-10-16(26(35)36)28-12(3)29/h8,11,14,16-17,27,33H,5-7,9-10H2,1-4H3,(H,28,29)(H,30,31)(H,35,36)/t14-,16-,17-/m1/s1. The molecule has 1 aliphatic heterocycles. The van der Waals surface area contributed by atoms with Crippen molar-refractivity contribution in [3.05, 3.63) is 38.9 Å². The number of carboxylic acid groups (broad SMARTS) is 2. The zero-order valence-electron chi connectivity index (χ0n) is 21.6. The Kier molecular flexibility index (Phi) is 9.21. The van der Waals surface area contributed by atoms with E-state index in [1.54, 1.807) is 0 Å². The van der Waals surface area contributed by atoms with E-state index in [4.69, 9.17) is 4.74 Å². The topological polar surface area (TPSA) is 179 Å². The molecule has 5 N–H and O–H groups in total. The zero-order valence-corrected chi connectivity index (χ0v) is 22.4. The summed E-state index contributed by atoms with van der Waals surface area (Å²) in [6.45, 7) is 5.21. The van der Waals surface area contributed by atoms with Gasteiger partial charge in [0.15, 0.2) is 0 Å². The minimum Gasteiger partial charge on any atom is -0.507 e. The van der Waals surface area contributed by atoms with Crippen LogP contribution < -0.4 is 10.6 Å². The Hall–Kier alpha value is -3.38. The summed E-state index contributed by atoms with van der Waals surface area (Å²) in [5.74, 6) is -4.42. The molecule has 2 aliphatic rings. The van der Waals surface area contributed by atoms with Crippen molar-refractivity contribution in [3.63, 3.8) is 0 Å². The Bertz CT molecular complexity index is 1210. The molecule has 12 heteroatoms. The predicted octanol–water partition coefficient (Wildman–Crippen LogP) is 2.42. The number of carbonyl (C=O) groups excluding carboxylic acids is 3. The van der Waals surface area contributed by atoms with Gasteiger partial charge in [0.25, 0.3) is 0 Å². The van der Waals surface area contributed by atoms with Crippen molar-refractivity contribution in [2.45, 2.75) is 64.7 Å². The van der Waals surface area contributed by atoms with Gasteiger partial charge < -0.3 is 30.7 Å². The van der Waals surface area contributed by atoms with Crippen LogP contribution >= 0.6 is 11.8 Å². The maximum absolute atomic E-state index is 13.6. The first-order valence-electron chi connectivity index (χ1n) is 12.3. The second kappa shape index (κ2) is 12.0. The van der Waals surface area contributed by atoms with Crippen molar-refractivity contribution in [2.24, 2.45) is 5.92 Å². The molecule has 0 radical (unpaired) electrons. The highest BCUT2D eigenvalue weighted by Crippen LogP contribution is 2.46. The maximum Gasteiger partial charge on any atom is 0.327 e. The highest BCUT2D eigenvalue weighted by Gasteiger charge is 2.40. The Morgan fingerprint density at radius 2 is 1.87 bits per heavy atom. The van der Waals surface area contributed by atoms with Crippen molar-refractivity contribution < 1.29 is 44.0 Å². The molecule has 1 aromatic rings. The Balaban J connectivity index is 2.06. The molecule has 1 heterocycles. The number of Topliss-reactive ketones (excluding diaryl/α,β-unsaturated/α-hetero) is 2. The fourth-order valence-corrected chi connectivity index (χ4v) is 5.83. The summed E-state index contributed by atoms with van der Waals surface area (Å²) in [5.41, 5.74) is 0.652. The molecule has 3 rings (SSSR count). The number of aromatic hydroxyl groups is 1. The molecular formula is C26H32N2O9S. The van der Waals surface area contributed by atoms with Crippen LogP contribution in [0.4, 0.5) is 0 Å². The number of rotatable bonds is 11. The van der Waals surface area contributed by atoms with Crippen LogP contribution in [0.15, 0.2) is 16.7 Å². The van der Waals surface area contributed by atoms with Gasteiger partial charge in [0, 0.05) is 30.9 Å². The monoisotopic (exact) mass is 548 g/mol. The van der Waals surface area contributed by atoms with Gasteiger partial charge >= 0.3 is 11.9 Å². The lowest BCUT2D eigenvalue weighted by atomic mass is 9.82. The number of aliphatic carboxylic acids is 2. The SMILES string of the molecule is CNC1=C(SC[C@@H](NC(C)=O)C(=O)O)C(=O)c2c(cc3c(c2O)[C@@H](CCC(C)C)O[C@@H](CC(=O)O)C3)C1=O. The third-order valence-electron chi connectivity index (χ3n) is 6.41. The summed E-state index contributed by atoms with van der Waals surface area (Å²) >= 11 is 0.796. The van der Waals surface area contributed by atoms with Crippen molar-refractivity contribution in [2.75, 3.05) is 12.8 Å². The number of phenolic OH excluding ortho intramolecular Hbond substituents is 1. The van der Waals surface area contributed by atoms with Gasteiger partial charge in [-0.15, -0.1) is 11.8 Å². The number of benzene rings is 1. The molecule has 1 amide bonds. The Labute approximate surface area is 224 Å². The molecule has 0 spiro atoms. The number of thioether (sulfide) groups is 1. The normalized spacial score (nSPS) is 19.6. The van der Waals surface area contributed by atoms with Crippen LogP contribution in [-0.4, -0.2) is 69.7 Å². The largest absolute Gasteiger partial charge is 0.507 e. The smallest absolute Gasteiger partial charge is 0.327 e. The van der Waals surface area contributed by atoms with E-state index >= 15 is 0 Å². The molecule has 0 saturated heterocycles. The number of fused-ring (bicyclic) bond motifs is 2. The summed E-state index contributed by atoms with van der Waals surface area (Å²) in [4.78, 5) is 61.3. The fourth-order valence-electron chi connectivity index (χ4n) is 4.70. The lowest BCUT2D eigenvalue weighted by Gasteiger charge is -2.34. The lowest BCUT2D eigenvalue weighted by molar-refractivity contribution is -0.142. The number of allylic oxidation sites excluding steroid dienone is 2. The molecule has 3 atom stereocenters. The third-order valence-corrected chi connectivity index (χ3v) is 7.59. The summed E-state index contributed by atoms with van der Waals surface area (Å²) < 4.78 is 6.05. The number of likely N-dealkylation sites (N-methyl/N-ethyl adjacent to an activating group) is 1. The van der Waals surface area contributed by atoms with E-state index in [1.807, 2.05) is 13.8 Å². The van der Waals surface area contributed by atoms with Gasteiger partial charge in [-0.2, -0.15) is 0 Å². The van der Waals surface area contributed by atoms with Gasteiger partial charge in [0.2, 0.25) is 17.5 Å². The molecule has 1 aliphatic carbocycles. The summed E-state index contributed by atoms with van der Waals surface area (Å²) in [6, 6.07) is 0.227. The van der Waals surface area contributed by atoms with Crippen molar-refractivity contribution in [1.29, 1.82) is 0 Å². The number of carbonyl (C=O) groups is 5. The fraction of sp³-hybridized carbons (Fsp3) is 0.500. The van der Waals surface area contributed by atoms with Gasteiger partial charge in [0.1, 0.15) is 17.5 Å². The number of ketones is 2. The first kappa shape index (κ1) is 29.2. The van der Waals surface area contributed by atoms with E-state index in [1.165, 1.54) is 20.0 Å². The summed E-state index contributed by atoms with van der Waals surface area (Å²) in [5, 5.41) is 35.1. The van der Waals surface area contributed by atoms with Crippen LogP contribution in [0.25, 0.3) is 0 Å². The Morgan fingerprint density at radius 3 is 2.42 bits per heavy atom. The third kappa shape index (κ3) is 6.18. The maximum atomic E-state index is 13.6. The van der Waals surface area contributed by atoms with Crippen LogP contribution in [0.3, 0.4) is 0 Å². The number of phenols is 1. The van der Waals surface area contributed by atoms with Crippen molar-refractivity contribution in [1.82, 2.24) is 10.6 Å². The van der Waals surface area contributed by atoms with Gasteiger partial charge in [-0.1, -0.05) is 13.8 Å². The summed E-state index contributed by atoms with van der Waals surface area (Å²) in [6.07, 6.45) is -0.219. The number of hydrogen-bond donors (Lipinski definition) is 5. The van der Waals surface area contributed by atoms with E-state index in [-0.39, 0.29) is 46.1 Å². The van der Waals surface area contributed by atoms with E-state index in [2.05, 4.69) is 10.6 Å². The van der Waals surface area contributed by atoms with Gasteiger partial charge in [-0.05, 0) is 36.8 Å². The molecule has 0 aromatic heterocycles. The lowest BCUT2D eigenvalue weighted by Crippen LogP contribution is -2.41. The van der Waals surface area contributed by atoms with Gasteiger partial charge in [-0.3, -0.25) is 19.2 Å². The first-order chi connectivity index (χ1) is 17.8. The minimum atomic E-state index is -1.30. The molecule has 38 heavy (non-hydrogen) atoms. The highest BCUT2D eigenvalue weighted by atomic mass is 32.2. The van der Waals surface area contributed by atoms with Crippen LogP contribution in [-0.2, 0) is 25.5 Å². The van der Waals surface area contributed by atoms with Gasteiger partial charge in [0.05, 0.1) is 29.1 Å². The quantitative estimate of drug-likeness (QED) is 0.274. The molecule has 11 nitrogen and oxygen atoms in total. The average Bonchev–Trinajstić information content (AvgIpc) is 2.81. The molecular weight excluding hydrogens is 516 g/mol. The van der Waals surface area contributed by atoms with Crippen molar-refractivity contribution in [3.8, 4) is 5.75 Å². The van der Waals surface area contributed by atoms with Crippen LogP contribution in [0.2, 0.25) is 0 Å². The first-order valence-corrected chi connectivity index (χ1v) is 13.2. The van der Waals surface area contributed by atoms with E-state index in [9.17, 15) is 39.3 Å². The molecule has 0 bridgehead atoms. The molecule has 0 saturated carbocycles. The second-order valence-corrected chi connectivity index (χ2v) is 10.8. The number of nitrogens with one attached hydrogen (secondary N) is 2. The van der Waals surface area contributed by atoms with Crippen molar-refractivity contribution >= 4 is 41.2 Å². The number of amides is 1. The second-order valence-electron chi connectivity index (χ2n) is 9.76. The van der Waals surface area contributed by atoms with Crippen LogP contribution in [0.1, 0.15) is 78.0 Å². The molecule has 206 valence electrons. The van der Waals surface area contributed by atoms with Gasteiger partial charge in [-0.25, -0.2) is 4.79 Å². The van der Waals surface area contributed by atoms with Crippen LogP contribution in [0.5, 0.6) is 5.75 Å². The number of ether oxygens (including phenoxy) is 1. The Morgan fingerprint density at radius 1 is 1.18 bits per heavy atom. The van der Waals surface area contributed by atoms with E-state index in [0.29, 0.717) is 23.5 Å². The summed E-state index contributed by atoms with van der Waals surface area (Å²) in [7, 11) is 1.45. The molecule has 0 unspecified atom stereocenters. The van der Waals surface area contributed by atoms with Crippen LogP contribution in [0, 0.1) is 5.92 Å². The highest BCUT2D eigenvalue weighted by molar-refractivity contribution is 8.04.